The lowest BCUT2D eigenvalue weighted by molar-refractivity contribution is 0.0704. The zero-order chi connectivity index (χ0) is 19.5. The topological polar surface area (TPSA) is 68.5 Å². The number of nitrogens with zero attached hydrogens (tertiary/aromatic N) is 3. The second-order valence-corrected chi connectivity index (χ2v) is 7.20. The summed E-state index contributed by atoms with van der Waals surface area (Å²) in [5, 5.41) is 4.76. The fraction of sp³-hybridized carbons (Fsp3) is 0.286. The maximum absolute atomic E-state index is 12.7. The standard InChI is InChI=1S/C21H20ClN3O3/c1-27-18-4-2-3-16(13-18)21(26)25-11-9-15(10-12-25)20-23-19(24-28-20)14-5-7-17(22)8-6-14/h2-8,13,15H,9-12H2,1H3. The van der Waals surface area contributed by atoms with Crippen molar-refractivity contribution in [1.82, 2.24) is 15.0 Å². The summed E-state index contributed by atoms with van der Waals surface area (Å²) in [7, 11) is 1.60. The molecule has 1 aliphatic heterocycles. The van der Waals surface area contributed by atoms with Gasteiger partial charge in [-0.25, -0.2) is 0 Å². The predicted octanol–water partition coefficient (Wildman–Crippen LogP) is 4.42. The molecule has 1 amide bonds. The molecule has 1 fully saturated rings. The molecule has 2 heterocycles. The van der Waals surface area contributed by atoms with Gasteiger partial charge in [0.25, 0.3) is 5.91 Å². The third-order valence-corrected chi connectivity index (χ3v) is 5.24. The van der Waals surface area contributed by atoms with Gasteiger partial charge in [-0.1, -0.05) is 22.8 Å². The summed E-state index contributed by atoms with van der Waals surface area (Å²) in [6, 6.07) is 14.6. The summed E-state index contributed by atoms with van der Waals surface area (Å²) >= 11 is 5.92. The Morgan fingerprint density at radius 3 is 2.64 bits per heavy atom. The van der Waals surface area contributed by atoms with Gasteiger partial charge < -0.3 is 14.2 Å². The summed E-state index contributed by atoms with van der Waals surface area (Å²) in [4.78, 5) is 19.1. The molecule has 0 aliphatic carbocycles. The number of halogens is 1. The van der Waals surface area contributed by atoms with Crippen molar-refractivity contribution >= 4 is 17.5 Å². The lowest BCUT2D eigenvalue weighted by Gasteiger charge is -2.30. The number of carbonyl (C=O) groups is 1. The van der Waals surface area contributed by atoms with E-state index in [0.29, 0.717) is 41.1 Å². The third-order valence-electron chi connectivity index (χ3n) is 4.99. The van der Waals surface area contributed by atoms with E-state index in [9.17, 15) is 4.79 Å². The molecule has 0 atom stereocenters. The number of benzene rings is 2. The Kier molecular flexibility index (Phi) is 5.30. The van der Waals surface area contributed by atoms with E-state index in [1.165, 1.54) is 0 Å². The highest BCUT2D eigenvalue weighted by Crippen LogP contribution is 2.29. The Morgan fingerprint density at radius 2 is 1.93 bits per heavy atom. The van der Waals surface area contributed by atoms with E-state index in [1.807, 2.05) is 35.2 Å². The summed E-state index contributed by atoms with van der Waals surface area (Å²) in [6.45, 7) is 1.30. The number of hydrogen-bond donors (Lipinski definition) is 0. The first-order chi connectivity index (χ1) is 13.6. The number of aromatic nitrogens is 2. The van der Waals surface area contributed by atoms with Crippen LogP contribution in [0.4, 0.5) is 0 Å². The molecule has 2 aromatic carbocycles. The van der Waals surface area contributed by atoms with Crippen LogP contribution in [0.2, 0.25) is 5.02 Å². The summed E-state index contributed by atoms with van der Waals surface area (Å²) in [5.74, 6) is 2.04. The van der Waals surface area contributed by atoms with Gasteiger partial charge >= 0.3 is 0 Å². The Labute approximate surface area is 168 Å². The molecule has 7 heteroatoms. The minimum absolute atomic E-state index is 0.0183. The van der Waals surface area contributed by atoms with Crippen LogP contribution < -0.4 is 4.74 Å². The fourth-order valence-electron chi connectivity index (χ4n) is 3.39. The molecule has 0 N–H and O–H groups in total. The van der Waals surface area contributed by atoms with Crippen LogP contribution in [-0.2, 0) is 0 Å². The van der Waals surface area contributed by atoms with Crippen LogP contribution in [0.5, 0.6) is 5.75 Å². The Bertz CT molecular complexity index is 963. The fourth-order valence-corrected chi connectivity index (χ4v) is 3.51. The third kappa shape index (κ3) is 3.87. The summed E-state index contributed by atoms with van der Waals surface area (Å²) < 4.78 is 10.7. The molecule has 6 nitrogen and oxygen atoms in total. The van der Waals surface area contributed by atoms with Crippen LogP contribution in [0.25, 0.3) is 11.4 Å². The zero-order valence-electron chi connectivity index (χ0n) is 15.5. The highest BCUT2D eigenvalue weighted by atomic mass is 35.5. The van der Waals surface area contributed by atoms with E-state index in [-0.39, 0.29) is 11.8 Å². The Balaban J connectivity index is 1.40. The molecule has 144 valence electrons. The second-order valence-electron chi connectivity index (χ2n) is 6.76. The molecule has 28 heavy (non-hydrogen) atoms. The van der Waals surface area contributed by atoms with Gasteiger partial charge in [-0.3, -0.25) is 4.79 Å². The molecule has 1 aliphatic rings. The first-order valence-corrected chi connectivity index (χ1v) is 9.54. The van der Waals surface area contributed by atoms with Crippen molar-refractivity contribution in [3.63, 3.8) is 0 Å². The molecule has 0 unspecified atom stereocenters. The molecule has 0 spiro atoms. The van der Waals surface area contributed by atoms with E-state index in [2.05, 4.69) is 10.1 Å². The number of likely N-dealkylation sites (tertiary alicyclic amines) is 1. The van der Waals surface area contributed by atoms with Crippen LogP contribution in [0, 0.1) is 0 Å². The van der Waals surface area contributed by atoms with E-state index in [1.54, 1.807) is 25.3 Å². The molecule has 0 bridgehead atoms. The van der Waals surface area contributed by atoms with Crippen LogP contribution in [-0.4, -0.2) is 41.1 Å². The van der Waals surface area contributed by atoms with Gasteiger partial charge in [0.1, 0.15) is 5.75 Å². The first kappa shape index (κ1) is 18.5. The van der Waals surface area contributed by atoms with Crippen molar-refractivity contribution in [3.8, 4) is 17.1 Å². The number of rotatable bonds is 4. The van der Waals surface area contributed by atoms with Gasteiger partial charge in [0, 0.05) is 35.2 Å². The molecule has 1 saturated heterocycles. The molecule has 4 rings (SSSR count). The number of carbonyl (C=O) groups excluding carboxylic acids is 1. The maximum Gasteiger partial charge on any atom is 0.253 e. The van der Waals surface area contributed by atoms with Crippen LogP contribution >= 0.6 is 11.6 Å². The van der Waals surface area contributed by atoms with Gasteiger partial charge in [0.15, 0.2) is 0 Å². The van der Waals surface area contributed by atoms with Gasteiger partial charge in [-0.2, -0.15) is 4.98 Å². The number of hydrogen-bond acceptors (Lipinski definition) is 5. The lowest BCUT2D eigenvalue weighted by atomic mass is 9.96. The minimum atomic E-state index is 0.0183. The smallest absolute Gasteiger partial charge is 0.253 e. The predicted molar refractivity (Wildman–Crippen MR) is 106 cm³/mol. The van der Waals surface area contributed by atoms with Gasteiger partial charge in [0.05, 0.1) is 7.11 Å². The molecular formula is C21H20ClN3O3. The molecule has 0 saturated carbocycles. The Hall–Kier alpha value is -2.86. The van der Waals surface area contributed by atoms with Gasteiger partial charge in [-0.05, 0) is 55.3 Å². The van der Waals surface area contributed by atoms with Crippen molar-refractivity contribution < 1.29 is 14.1 Å². The largest absolute Gasteiger partial charge is 0.497 e. The Morgan fingerprint density at radius 1 is 1.18 bits per heavy atom. The minimum Gasteiger partial charge on any atom is -0.497 e. The van der Waals surface area contributed by atoms with Gasteiger partial charge in [-0.15, -0.1) is 0 Å². The van der Waals surface area contributed by atoms with E-state index in [0.717, 1.165) is 18.4 Å². The number of ether oxygens (including phenoxy) is 1. The lowest BCUT2D eigenvalue weighted by Crippen LogP contribution is -2.38. The zero-order valence-corrected chi connectivity index (χ0v) is 16.2. The van der Waals surface area contributed by atoms with Gasteiger partial charge in [0.2, 0.25) is 11.7 Å². The van der Waals surface area contributed by atoms with Crippen molar-refractivity contribution in [2.45, 2.75) is 18.8 Å². The van der Waals surface area contributed by atoms with Crippen molar-refractivity contribution in [2.75, 3.05) is 20.2 Å². The number of amides is 1. The molecule has 3 aromatic rings. The first-order valence-electron chi connectivity index (χ1n) is 9.17. The molecule has 1 aromatic heterocycles. The molecular weight excluding hydrogens is 378 g/mol. The number of methoxy groups -OCH3 is 1. The quantitative estimate of drug-likeness (QED) is 0.651. The van der Waals surface area contributed by atoms with E-state index < -0.39 is 0 Å². The summed E-state index contributed by atoms with van der Waals surface area (Å²) in [5.41, 5.74) is 1.51. The number of piperidine rings is 1. The van der Waals surface area contributed by atoms with Crippen LogP contribution in [0.3, 0.4) is 0 Å². The highest BCUT2D eigenvalue weighted by Gasteiger charge is 2.28. The van der Waals surface area contributed by atoms with Crippen LogP contribution in [0.15, 0.2) is 53.1 Å². The monoisotopic (exact) mass is 397 g/mol. The maximum atomic E-state index is 12.7. The van der Waals surface area contributed by atoms with E-state index in [4.69, 9.17) is 20.9 Å². The molecule has 0 radical (unpaired) electrons. The SMILES string of the molecule is COc1cccc(C(=O)N2CCC(c3nc(-c4ccc(Cl)cc4)no3)CC2)c1. The second kappa shape index (κ2) is 8.02. The van der Waals surface area contributed by atoms with Crippen LogP contribution in [0.1, 0.15) is 35.0 Å². The summed E-state index contributed by atoms with van der Waals surface area (Å²) in [6.07, 6.45) is 1.58. The van der Waals surface area contributed by atoms with E-state index >= 15 is 0 Å². The van der Waals surface area contributed by atoms with Crippen molar-refractivity contribution in [3.05, 3.63) is 65.0 Å². The normalized spacial score (nSPS) is 14.9. The average molecular weight is 398 g/mol. The highest BCUT2D eigenvalue weighted by molar-refractivity contribution is 6.30. The van der Waals surface area contributed by atoms with Crippen molar-refractivity contribution in [1.29, 1.82) is 0 Å². The van der Waals surface area contributed by atoms with Crippen molar-refractivity contribution in [2.24, 2.45) is 0 Å². The average Bonchev–Trinajstić information content (AvgIpc) is 3.24.